The van der Waals surface area contributed by atoms with Crippen molar-refractivity contribution in [3.8, 4) is 21.7 Å². The molecule has 3 aromatic heterocycles. The summed E-state index contributed by atoms with van der Waals surface area (Å²) in [4.78, 5) is 16.9. The van der Waals surface area contributed by atoms with Gasteiger partial charge in [0.15, 0.2) is 0 Å². The van der Waals surface area contributed by atoms with E-state index in [1.165, 1.54) is 11.3 Å². The molecule has 0 aliphatic rings. The number of rotatable bonds is 5. The maximum atomic E-state index is 11.6. The van der Waals surface area contributed by atoms with Crippen LogP contribution in [0.3, 0.4) is 0 Å². The van der Waals surface area contributed by atoms with Crippen LogP contribution in [0.1, 0.15) is 33.2 Å². The molecule has 0 fully saturated rings. The number of anilines is 1. The highest BCUT2D eigenvalue weighted by Crippen LogP contribution is 2.37. The summed E-state index contributed by atoms with van der Waals surface area (Å²) in [7, 11) is 0. The van der Waals surface area contributed by atoms with Crippen molar-refractivity contribution in [3.05, 3.63) is 41.0 Å². The summed E-state index contributed by atoms with van der Waals surface area (Å²) in [5.41, 5.74) is 2.82. The lowest BCUT2D eigenvalue weighted by atomic mass is 10.1. The Morgan fingerprint density at radius 3 is 2.80 bits per heavy atom. The van der Waals surface area contributed by atoms with Gasteiger partial charge in [-0.05, 0) is 43.7 Å². The van der Waals surface area contributed by atoms with E-state index in [1.54, 1.807) is 6.20 Å². The van der Waals surface area contributed by atoms with Crippen molar-refractivity contribution in [1.29, 1.82) is 0 Å². The van der Waals surface area contributed by atoms with Crippen LogP contribution in [-0.2, 0) is 4.79 Å². The second-order valence-electron chi connectivity index (χ2n) is 5.90. The monoisotopic (exact) mass is 374 g/mol. The minimum atomic E-state index is -0.0622. The lowest BCUT2D eigenvalue weighted by molar-refractivity contribution is -0.115. The number of nitrogens with zero attached hydrogens (tertiary/aromatic N) is 3. The Labute approximate surface area is 155 Å². The summed E-state index contributed by atoms with van der Waals surface area (Å²) in [5, 5.41) is 7.54. The van der Waals surface area contributed by atoms with Gasteiger partial charge in [0.25, 0.3) is 0 Å². The Morgan fingerprint density at radius 1 is 1.36 bits per heavy atom. The van der Waals surface area contributed by atoms with Gasteiger partial charge in [-0.1, -0.05) is 18.5 Å². The van der Waals surface area contributed by atoms with Crippen molar-refractivity contribution in [3.63, 3.8) is 0 Å². The van der Waals surface area contributed by atoms with Gasteiger partial charge in [0, 0.05) is 30.4 Å². The molecule has 1 amide bonds. The summed E-state index contributed by atoms with van der Waals surface area (Å²) in [6, 6.07) is 7.88. The molecule has 0 aliphatic heterocycles. The molecule has 3 heterocycles. The fraction of sp³-hybridized carbons (Fsp3) is 0.278. The van der Waals surface area contributed by atoms with E-state index in [2.05, 4.69) is 24.1 Å². The van der Waals surface area contributed by atoms with Gasteiger partial charge in [-0.25, -0.2) is 4.98 Å². The van der Waals surface area contributed by atoms with E-state index < -0.39 is 0 Å². The second-order valence-corrected chi connectivity index (χ2v) is 7.62. The van der Waals surface area contributed by atoms with Crippen LogP contribution in [0, 0.1) is 0 Å². The third-order valence-electron chi connectivity index (χ3n) is 3.73. The highest BCUT2D eigenvalue weighted by atomic mass is 35.5. The van der Waals surface area contributed by atoms with E-state index in [1.807, 2.05) is 42.1 Å². The molecule has 130 valence electrons. The van der Waals surface area contributed by atoms with Crippen LogP contribution in [0.15, 0.2) is 36.7 Å². The molecule has 3 rings (SSSR count). The molecule has 0 atom stereocenters. The molecular formula is C18H19ClN4OS. The largest absolute Gasteiger partial charge is 0.311 e. The number of hydrogen-bond acceptors (Lipinski definition) is 4. The van der Waals surface area contributed by atoms with E-state index in [9.17, 15) is 4.79 Å². The molecule has 0 unspecified atom stereocenters. The van der Waals surface area contributed by atoms with Crippen molar-refractivity contribution in [2.24, 2.45) is 0 Å². The van der Waals surface area contributed by atoms with Gasteiger partial charge >= 0.3 is 0 Å². The van der Waals surface area contributed by atoms with E-state index in [-0.39, 0.29) is 11.9 Å². The smallest absolute Gasteiger partial charge is 0.225 e. The highest BCUT2D eigenvalue weighted by Gasteiger charge is 2.17. The molecule has 0 saturated carbocycles. The molecular weight excluding hydrogens is 356 g/mol. The normalized spacial score (nSPS) is 11.1. The quantitative estimate of drug-likeness (QED) is 0.662. The Hall–Kier alpha value is -2.18. The van der Waals surface area contributed by atoms with Crippen molar-refractivity contribution >= 4 is 34.7 Å². The molecule has 0 bridgehead atoms. The fourth-order valence-electron chi connectivity index (χ4n) is 2.39. The predicted molar refractivity (Wildman–Crippen MR) is 103 cm³/mol. The summed E-state index contributed by atoms with van der Waals surface area (Å²) < 4.78 is 2.66. The zero-order chi connectivity index (χ0) is 18.0. The summed E-state index contributed by atoms with van der Waals surface area (Å²) in [5.74, 6) is 0.476. The number of pyridine rings is 1. The molecule has 0 radical (unpaired) electrons. The molecule has 0 saturated heterocycles. The lowest BCUT2D eigenvalue weighted by Gasteiger charge is -2.05. The van der Waals surface area contributed by atoms with Gasteiger partial charge in [-0.15, -0.1) is 11.3 Å². The highest BCUT2D eigenvalue weighted by molar-refractivity contribution is 7.19. The van der Waals surface area contributed by atoms with E-state index >= 15 is 0 Å². The summed E-state index contributed by atoms with van der Waals surface area (Å²) in [6.45, 7) is 5.98. The van der Waals surface area contributed by atoms with Gasteiger partial charge in [0.1, 0.15) is 11.5 Å². The number of carbonyl (C=O) groups is 1. The fourth-order valence-corrected chi connectivity index (χ4v) is 3.43. The summed E-state index contributed by atoms with van der Waals surface area (Å²) >= 11 is 7.60. The topological polar surface area (TPSA) is 59.8 Å². The first-order valence-corrected chi connectivity index (χ1v) is 9.28. The van der Waals surface area contributed by atoms with Crippen LogP contribution in [0.4, 0.5) is 5.82 Å². The number of thiophene rings is 1. The van der Waals surface area contributed by atoms with Crippen LogP contribution in [0.5, 0.6) is 0 Å². The standard InChI is InChI=1S/C18H19ClN4OS/c1-4-17(24)21-16-9-12(7-8-20-16)13-10-23(11(2)3)22-18(13)14-5-6-15(19)25-14/h5-11H,4H2,1-3H3,(H,20,21,24). The molecule has 25 heavy (non-hydrogen) atoms. The first-order chi connectivity index (χ1) is 12.0. The minimum absolute atomic E-state index is 0.0622. The van der Waals surface area contributed by atoms with Gasteiger partial charge < -0.3 is 5.32 Å². The Kier molecular flexibility index (Phi) is 5.20. The van der Waals surface area contributed by atoms with Crippen molar-refractivity contribution in [2.45, 2.75) is 33.2 Å². The Bertz CT molecular complexity index is 900. The SMILES string of the molecule is CCC(=O)Nc1cc(-c2cn(C(C)C)nc2-c2ccc(Cl)s2)ccn1. The zero-order valence-electron chi connectivity index (χ0n) is 14.3. The number of halogens is 1. The third kappa shape index (κ3) is 3.91. The predicted octanol–water partition coefficient (Wildman–Crippen LogP) is 5.26. The lowest BCUT2D eigenvalue weighted by Crippen LogP contribution is -2.10. The molecule has 7 heteroatoms. The zero-order valence-corrected chi connectivity index (χ0v) is 15.9. The van der Waals surface area contributed by atoms with Crippen molar-refractivity contribution in [2.75, 3.05) is 5.32 Å². The third-order valence-corrected chi connectivity index (χ3v) is 4.97. The van der Waals surface area contributed by atoms with Crippen LogP contribution in [-0.4, -0.2) is 20.7 Å². The van der Waals surface area contributed by atoms with E-state index in [4.69, 9.17) is 16.7 Å². The number of amides is 1. The molecule has 5 nitrogen and oxygen atoms in total. The van der Waals surface area contributed by atoms with E-state index in [0.29, 0.717) is 12.2 Å². The van der Waals surface area contributed by atoms with Crippen LogP contribution >= 0.6 is 22.9 Å². The number of carbonyl (C=O) groups excluding carboxylic acids is 1. The molecule has 3 aromatic rings. The average molecular weight is 375 g/mol. The molecule has 1 N–H and O–H groups in total. The average Bonchev–Trinajstić information content (AvgIpc) is 3.21. The van der Waals surface area contributed by atoms with Gasteiger partial charge in [-0.3, -0.25) is 9.48 Å². The maximum absolute atomic E-state index is 11.6. The second kappa shape index (κ2) is 7.37. The van der Waals surface area contributed by atoms with Crippen LogP contribution < -0.4 is 5.32 Å². The number of nitrogens with one attached hydrogen (secondary N) is 1. The van der Waals surface area contributed by atoms with Gasteiger partial charge in [0.05, 0.1) is 9.21 Å². The van der Waals surface area contributed by atoms with Crippen LogP contribution in [0.2, 0.25) is 4.34 Å². The summed E-state index contributed by atoms with van der Waals surface area (Å²) in [6.07, 6.45) is 4.13. The van der Waals surface area contributed by atoms with Crippen molar-refractivity contribution < 1.29 is 4.79 Å². The molecule has 0 aromatic carbocycles. The van der Waals surface area contributed by atoms with E-state index in [0.717, 1.165) is 26.0 Å². The maximum Gasteiger partial charge on any atom is 0.225 e. The van der Waals surface area contributed by atoms with Crippen LogP contribution in [0.25, 0.3) is 21.7 Å². The Balaban J connectivity index is 2.07. The van der Waals surface area contributed by atoms with Crippen molar-refractivity contribution in [1.82, 2.24) is 14.8 Å². The number of hydrogen-bond donors (Lipinski definition) is 1. The molecule has 0 spiro atoms. The minimum Gasteiger partial charge on any atom is -0.311 e. The Morgan fingerprint density at radius 2 is 2.16 bits per heavy atom. The van der Waals surface area contributed by atoms with Gasteiger partial charge in [0.2, 0.25) is 5.91 Å². The first kappa shape index (κ1) is 17.6. The first-order valence-electron chi connectivity index (χ1n) is 8.09. The van der Waals surface area contributed by atoms with Gasteiger partial charge in [-0.2, -0.15) is 5.10 Å². The molecule has 0 aliphatic carbocycles. The number of aromatic nitrogens is 3.